The van der Waals surface area contributed by atoms with Crippen molar-refractivity contribution >= 4 is 85.7 Å². The van der Waals surface area contributed by atoms with Crippen LogP contribution < -0.4 is 36.0 Å². The smallest absolute Gasteiger partial charge is 0.400 e. The molecule has 6 aromatic heterocycles. The normalized spacial score (nSPS) is 16.1. The van der Waals surface area contributed by atoms with Crippen molar-refractivity contribution < 1.29 is 59.5 Å². The number of Topliss-reactive ketones (excluding diaryl/α,β-unsaturated/α-hetero) is 1. The predicted molar refractivity (Wildman–Crippen MR) is 260 cm³/mol. The van der Waals surface area contributed by atoms with Gasteiger partial charge in [0.05, 0.1) is 48.8 Å². The summed E-state index contributed by atoms with van der Waals surface area (Å²) in [6.07, 6.45) is -3.11. The fourth-order valence-electron chi connectivity index (χ4n) is 7.98. The standard InChI is InChI=1S/C22H20F3N7O3.C19H17N7O4.C2H4F3N.2H2S/c1-12-27-10-18(35-12)15-5-8-26-20(29-15)30-21(34)32-13-6-9-31(11-13)16-3-2-14(28-19(16)32)17(33)4-7-22(23,24)25;1-10-21-8-15(30-10)12-4-6-20-18(23-12)24-19(29)26-11-5-7-25(9-11)14-3-2-13(17(27)28)22-16(14)26;3-2(4,5)1-6;;/h2-3,5,8,10,13H,4,6-7,9,11H2,1H3,(H,26,29,30,34);2-4,6,8,11H,5,7,9H2,1H3,(H,27,28)(H,20,23,24,29);1,6H2;2*1H2/t13-;11-;;;/m00.../s1. The number of carboxylic acid groups (broad SMARTS) is 1. The number of hydrogen-bond donors (Lipinski definition) is 4. The lowest BCUT2D eigenvalue weighted by Gasteiger charge is -2.35. The van der Waals surface area contributed by atoms with E-state index in [4.69, 9.17) is 8.83 Å². The number of nitrogens with two attached hydrogens (primary N) is 1. The number of pyridine rings is 2. The number of hydrogen-bond acceptors (Lipinski definition) is 17. The second-order valence-corrected chi connectivity index (χ2v) is 16.1. The zero-order valence-corrected chi connectivity index (χ0v) is 40.4. The van der Waals surface area contributed by atoms with E-state index in [1.54, 1.807) is 44.3 Å². The Labute approximate surface area is 423 Å². The molecule has 2 saturated heterocycles. The number of nitrogens with one attached hydrogen (secondary N) is 2. The van der Waals surface area contributed by atoms with E-state index in [1.165, 1.54) is 40.5 Å². The number of anilines is 6. The van der Waals surface area contributed by atoms with E-state index in [-0.39, 0.29) is 68.2 Å². The molecule has 0 spiro atoms. The highest BCUT2D eigenvalue weighted by Gasteiger charge is 2.42. The number of ketones is 1. The topological polar surface area (TPSA) is 281 Å². The molecule has 4 amide bonds. The molecular weight excluding hydrogens is 1020 g/mol. The van der Waals surface area contributed by atoms with Crippen LogP contribution in [0.2, 0.25) is 0 Å². The summed E-state index contributed by atoms with van der Waals surface area (Å²) in [5.74, 6) is 0.632. The maximum absolute atomic E-state index is 13.3. The van der Waals surface area contributed by atoms with Gasteiger partial charge in [0.15, 0.2) is 46.4 Å². The van der Waals surface area contributed by atoms with E-state index in [0.717, 1.165) is 18.7 Å². The molecule has 4 aliphatic rings. The van der Waals surface area contributed by atoms with Gasteiger partial charge in [-0.2, -0.15) is 53.3 Å². The summed E-state index contributed by atoms with van der Waals surface area (Å²) in [6.45, 7) is 4.88. The molecule has 4 aliphatic heterocycles. The Hall–Kier alpha value is -7.60. The average Bonchev–Trinajstić information content (AvgIpc) is 4.16. The number of aromatic carboxylic acids is 1. The number of nitrogens with zero attached hydrogens (tertiary/aromatic N) is 12. The summed E-state index contributed by atoms with van der Waals surface area (Å²) in [4.78, 5) is 90.7. The summed E-state index contributed by atoms with van der Waals surface area (Å²) in [5.41, 5.74) is 6.22. The average molecular weight is 1060 g/mol. The van der Waals surface area contributed by atoms with E-state index in [9.17, 15) is 50.6 Å². The lowest BCUT2D eigenvalue weighted by atomic mass is 10.1. The largest absolute Gasteiger partial charge is 0.477 e. The number of aromatic nitrogens is 8. The van der Waals surface area contributed by atoms with Gasteiger partial charge in [0.25, 0.3) is 0 Å². The molecule has 5 N–H and O–H groups in total. The molecule has 0 unspecified atom stereocenters. The molecule has 0 aliphatic carbocycles. The van der Waals surface area contributed by atoms with Crippen LogP contribution in [0.25, 0.3) is 22.9 Å². The van der Waals surface area contributed by atoms with Crippen LogP contribution in [0.5, 0.6) is 0 Å². The van der Waals surface area contributed by atoms with Crippen LogP contribution in [0.3, 0.4) is 0 Å². The van der Waals surface area contributed by atoms with E-state index >= 15 is 0 Å². The van der Waals surface area contributed by atoms with Gasteiger partial charge < -0.3 is 29.5 Å². The maximum atomic E-state index is 13.3. The van der Waals surface area contributed by atoms with Crippen molar-refractivity contribution in [3.05, 3.63) is 84.4 Å². The summed E-state index contributed by atoms with van der Waals surface area (Å²) in [6, 6.07) is 8.05. The number of alkyl halides is 6. The summed E-state index contributed by atoms with van der Waals surface area (Å²) >= 11 is 0. The van der Waals surface area contributed by atoms with Gasteiger partial charge in [0.1, 0.15) is 17.1 Å². The third-order valence-electron chi connectivity index (χ3n) is 11.2. The molecule has 10 rings (SSSR count). The Morgan fingerprint density at radius 1 is 0.671 bits per heavy atom. The third-order valence-corrected chi connectivity index (χ3v) is 11.2. The molecule has 73 heavy (non-hydrogen) atoms. The Morgan fingerprint density at radius 2 is 1.11 bits per heavy atom. The molecule has 2 atom stereocenters. The van der Waals surface area contributed by atoms with Crippen LogP contribution in [-0.4, -0.2) is 126 Å². The molecule has 22 nitrogen and oxygen atoms in total. The highest BCUT2D eigenvalue weighted by Crippen LogP contribution is 2.41. The third kappa shape index (κ3) is 12.9. The van der Waals surface area contributed by atoms with Gasteiger partial charge in [0, 0.05) is 58.8 Å². The number of fused-ring (bicyclic) bond motifs is 8. The van der Waals surface area contributed by atoms with Crippen molar-refractivity contribution in [3.63, 3.8) is 0 Å². The first-order chi connectivity index (χ1) is 33.7. The number of carbonyl (C=O) groups is 4. The Bertz CT molecular complexity index is 2980. The van der Waals surface area contributed by atoms with E-state index in [0.29, 0.717) is 72.3 Å². The van der Waals surface area contributed by atoms with Crippen molar-refractivity contribution in [2.24, 2.45) is 5.73 Å². The number of oxazole rings is 2. The first kappa shape index (κ1) is 54.7. The van der Waals surface area contributed by atoms with Gasteiger partial charge in [-0.05, 0) is 49.2 Å². The number of halogens is 6. The fraction of sp³-hybridized carbons (Fsp3) is 0.349. The van der Waals surface area contributed by atoms with Crippen LogP contribution in [0.1, 0.15) is 58.4 Å². The van der Waals surface area contributed by atoms with Crippen LogP contribution in [0.4, 0.5) is 70.8 Å². The second kappa shape index (κ2) is 22.4. The minimum absolute atomic E-state index is 0. The van der Waals surface area contributed by atoms with Crippen molar-refractivity contribution in [1.29, 1.82) is 0 Å². The predicted octanol–water partition coefficient (Wildman–Crippen LogP) is 6.89. The number of amides is 4. The Kier molecular flexibility index (Phi) is 16.8. The summed E-state index contributed by atoms with van der Waals surface area (Å²) in [7, 11) is 0. The first-order valence-electron chi connectivity index (χ1n) is 21.6. The first-order valence-corrected chi connectivity index (χ1v) is 21.6. The molecule has 10 heterocycles. The van der Waals surface area contributed by atoms with Gasteiger partial charge >= 0.3 is 30.4 Å². The summed E-state index contributed by atoms with van der Waals surface area (Å²) in [5, 5.41) is 14.7. The minimum Gasteiger partial charge on any atom is -0.477 e. The second-order valence-electron chi connectivity index (χ2n) is 16.1. The van der Waals surface area contributed by atoms with Gasteiger partial charge in [-0.3, -0.25) is 25.2 Å². The SMILES string of the molecule is Cc1ncc(-c2ccnc(NC(=O)N3c4nc(C(=O)CCC(F)(F)F)ccc4N4CC[C@H]3C4)n2)o1.Cc1ncc(-c2ccnc(NC(=O)N3c4nc(C(=O)O)ccc4N4CC[C@H]3C4)n2)o1.NCC(F)(F)F.S.S. The van der Waals surface area contributed by atoms with Crippen molar-refractivity contribution in [1.82, 2.24) is 39.9 Å². The highest BCUT2D eigenvalue weighted by molar-refractivity contribution is 7.59. The lowest BCUT2D eigenvalue weighted by molar-refractivity contribution is -0.133. The van der Waals surface area contributed by atoms with Crippen LogP contribution >= 0.6 is 27.0 Å². The van der Waals surface area contributed by atoms with Crippen molar-refractivity contribution in [3.8, 4) is 22.9 Å². The minimum atomic E-state index is -4.44. The maximum Gasteiger partial charge on any atom is 0.400 e. The molecule has 388 valence electrons. The number of rotatable bonds is 8. The fourth-order valence-corrected chi connectivity index (χ4v) is 7.98. The van der Waals surface area contributed by atoms with Crippen molar-refractivity contribution in [2.75, 3.05) is 63.0 Å². The molecule has 30 heteroatoms. The van der Waals surface area contributed by atoms with E-state index < -0.39 is 55.6 Å². The molecule has 4 bridgehead atoms. The highest BCUT2D eigenvalue weighted by atomic mass is 32.1. The van der Waals surface area contributed by atoms with Crippen LogP contribution in [-0.2, 0) is 0 Å². The monoisotopic (exact) mass is 1060 g/mol. The van der Waals surface area contributed by atoms with Gasteiger partial charge in [-0.1, -0.05) is 0 Å². The summed E-state index contributed by atoms with van der Waals surface area (Å²) < 4.78 is 80.6. The zero-order chi connectivity index (χ0) is 50.8. The Balaban J connectivity index is 0.000000211. The molecule has 0 aromatic carbocycles. The van der Waals surface area contributed by atoms with E-state index in [2.05, 4.69) is 61.1 Å². The zero-order valence-electron chi connectivity index (χ0n) is 38.4. The molecular formula is C43H45F6N15O7S2. The van der Waals surface area contributed by atoms with Gasteiger partial charge in [-0.15, -0.1) is 0 Å². The molecule has 6 aromatic rings. The number of carboxylic acids is 1. The number of aryl methyl sites for hydroxylation is 2. The number of carbonyl (C=O) groups excluding carboxylic acids is 3. The number of urea groups is 2. The molecule has 2 fully saturated rings. The van der Waals surface area contributed by atoms with Gasteiger partial charge in [0.2, 0.25) is 11.9 Å². The van der Waals surface area contributed by atoms with Gasteiger partial charge in [-0.25, -0.2) is 54.3 Å². The Morgan fingerprint density at radius 3 is 1.51 bits per heavy atom. The quantitative estimate of drug-likeness (QED) is 0.0892. The molecule has 0 radical (unpaired) electrons. The van der Waals surface area contributed by atoms with Crippen LogP contribution in [0.15, 0.2) is 70.0 Å². The molecule has 0 saturated carbocycles. The van der Waals surface area contributed by atoms with Crippen molar-refractivity contribution in [2.45, 2.75) is 64.0 Å². The van der Waals surface area contributed by atoms with Crippen LogP contribution in [0, 0.1) is 13.8 Å². The van der Waals surface area contributed by atoms with E-state index in [1.807, 2.05) is 4.90 Å². The lowest BCUT2D eigenvalue weighted by Crippen LogP contribution is -2.48.